The smallest absolute Gasteiger partial charge is 0.372 e. The molecule has 0 saturated heterocycles. The molecule has 1 aromatic heterocycles. The maximum atomic E-state index is 10.1. The molecule has 0 spiro atoms. The van der Waals surface area contributed by atoms with Crippen LogP contribution in [0.1, 0.15) is 0 Å². The van der Waals surface area contributed by atoms with Crippen LogP contribution in [0.25, 0.3) is 0 Å². The van der Waals surface area contributed by atoms with Gasteiger partial charge in [0, 0.05) is 0 Å². The minimum Gasteiger partial charge on any atom is -0.372 e. The maximum Gasteiger partial charge on any atom is 0.391 e. The molecule has 7 heteroatoms. The lowest BCUT2D eigenvalue weighted by atomic mass is 10.7. The van der Waals surface area contributed by atoms with Gasteiger partial charge in [-0.15, -0.1) is 4.68 Å². The first-order valence-electron chi connectivity index (χ1n) is 2.63. The maximum absolute atomic E-state index is 10.1. The fraction of sp³-hybridized carbons (Fsp3) is 0.250. The van der Waals surface area contributed by atoms with Crippen molar-refractivity contribution in [2.45, 2.75) is 6.73 Å². The van der Waals surface area contributed by atoms with E-state index in [9.17, 15) is 10.1 Å². The summed E-state index contributed by atoms with van der Waals surface area (Å²) >= 11 is 2.98. The number of rotatable bonds is 2. The zero-order valence-electron chi connectivity index (χ0n) is 5.27. The number of halogens is 1. The quantitative estimate of drug-likeness (QED) is 0.583. The Morgan fingerprint density at radius 1 is 1.91 bits per heavy atom. The Bertz CT molecular complexity index is 284. The number of nitro groups is 1. The van der Waals surface area contributed by atoms with E-state index < -0.39 is 4.92 Å². The van der Waals surface area contributed by atoms with Crippen molar-refractivity contribution in [2.75, 3.05) is 0 Å². The number of aromatic nitrogens is 2. The third-order valence-electron chi connectivity index (χ3n) is 1.04. The highest BCUT2D eigenvalue weighted by molar-refractivity contribution is 9.10. The lowest BCUT2D eigenvalue weighted by Gasteiger charge is -1.86. The average Bonchev–Trinajstić information content (AvgIpc) is 2.31. The van der Waals surface area contributed by atoms with Crippen LogP contribution in [0.5, 0.6) is 0 Å². The minimum atomic E-state index is -0.628. The normalized spacial score (nSPS) is 10.0. The molecule has 1 aromatic rings. The molecule has 0 fully saturated rings. The summed E-state index contributed by atoms with van der Waals surface area (Å²) < 4.78 is 1.45. The van der Waals surface area contributed by atoms with Crippen molar-refractivity contribution < 1.29 is 10.0 Å². The number of hydrogen-bond donors (Lipinski definition) is 1. The molecule has 0 radical (unpaired) electrons. The van der Waals surface area contributed by atoms with Crippen LogP contribution in [-0.4, -0.2) is 19.8 Å². The highest BCUT2D eigenvalue weighted by Crippen LogP contribution is 2.16. The summed E-state index contributed by atoms with van der Waals surface area (Å²) in [6.45, 7) is -0.381. The fourth-order valence-corrected chi connectivity index (χ4v) is 0.966. The van der Waals surface area contributed by atoms with Gasteiger partial charge in [-0.1, -0.05) is 0 Å². The first-order chi connectivity index (χ1) is 5.15. The number of nitrogens with zero attached hydrogens (tertiary/aromatic N) is 3. The van der Waals surface area contributed by atoms with Crippen LogP contribution in [0.15, 0.2) is 10.7 Å². The van der Waals surface area contributed by atoms with Gasteiger partial charge >= 0.3 is 5.82 Å². The van der Waals surface area contributed by atoms with Crippen LogP contribution < -0.4 is 0 Å². The van der Waals surface area contributed by atoms with Crippen LogP contribution in [0.4, 0.5) is 5.82 Å². The second-order valence-electron chi connectivity index (χ2n) is 1.72. The summed E-state index contributed by atoms with van der Waals surface area (Å²) in [5.74, 6) is -0.286. The second kappa shape index (κ2) is 2.97. The predicted octanol–water partition coefficient (Wildman–Crippen LogP) is 0.504. The molecular weight excluding hydrogens is 218 g/mol. The van der Waals surface area contributed by atoms with E-state index in [0.29, 0.717) is 4.60 Å². The zero-order chi connectivity index (χ0) is 8.43. The van der Waals surface area contributed by atoms with Gasteiger partial charge < -0.3 is 15.2 Å². The summed E-state index contributed by atoms with van der Waals surface area (Å²) in [4.78, 5) is 9.48. The number of aliphatic hydroxyl groups excluding tert-OH is 1. The van der Waals surface area contributed by atoms with Crippen LogP contribution in [0, 0.1) is 10.1 Å². The van der Waals surface area contributed by atoms with Gasteiger partial charge in [0.15, 0.2) is 6.73 Å². The Kier molecular flexibility index (Phi) is 2.20. The van der Waals surface area contributed by atoms with E-state index in [-0.39, 0.29) is 12.5 Å². The molecule has 60 valence electrons. The van der Waals surface area contributed by atoms with Gasteiger partial charge in [-0.05, 0) is 20.9 Å². The summed E-state index contributed by atoms with van der Waals surface area (Å²) in [5, 5.41) is 22.1. The van der Waals surface area contributed by atoms with Crippen LogP contribution in [0.2, 0.25) is 0 Å². The van der Waals surface area contributed by atoms with Crippen molar-refractivity contribution in [3.63, 3.8) is 0 Å². The van der Waals surface area contributed by atoms with Gasteiger partial charge in [0.2, 0.25) is 0 Å². The molecule has 6 nitrogen and oxygen atoms in total. The summed E-state index contributed by atoms with van der Waals surface area (Å²) in [6.07, 6.45) is 0. The molecule has 0 aliphatic heterocycles. The molecule has 1 rings (SSSR count). The standard InChI is InChI=1S/C4H4BrN3O3/c5-3-1-4(8(10)11)6-7(3)2-9/h1,9H,2H2. The van der Waals surface area contributed by atoms with Gasteiger partial charge in [-0.25, -0.2) is 0 Å². The molecule has 0 aliphatic rings. The van der Waals surface area contributed by atoms with E-state index in [2.05, 4.69) is 21.0 Å². The first-order valence-corrected chi connectivity index (χ1v) is 3.43. The SMILES string of the molecule is O=[N+]([O-])c1cc(Br)n(CO)n1. The van der Waals surface area contributed by atoms with Gasteiger partial charge in [0.25, 0.3) is 0 Å². The number of hydrogen-bond acceptors (Lipinski definition) is 4. The average molecular weight is 222 g/mol. The Balaban J connectivity index is 3.05. The van der Waals surface area contributed by atoms with Gasteiger partial charge in [0.1, 0.15) is 4.60 Å². The third-order valence-corrected chi connectivity index (χ3v) is 1.68. The Labute approximate surface area is 69.7 Å². The Hall–Kier alpha value is -0.950. The minimum absolute atomic E-state index is 0.286. The molecule has 0 saturated carbocycles. The van der Waals surface area contributed by atoms with Gasteiger partial charge in [-0.2, -0.15) is 0 Å². The van der Waals surface area contributed by atoms with Crippen molar-refractivity contribution in [3.8, 4) is 0 Å². The Morgan fingerprint density at radius 3 is 2.82 bits per heavy atom. The number of aliphatic hydroxyl groups is 1. The van der Waals surface area contributed by atoms with Crippen molar-refractivity contribution in [1.82, 2.24) is 9.78 Å². The van der Waals surface area contributed by atoms with E-state index in [1.54, 1.807) is 0 Å². The molecule has 0 bridgehead atoms. The van der Waals surface area contributed by atoms with E-state index in [1.165, 1.54) is 6.07 Å². The zero-order valence-corrected chi connectivity index (χ0v) is 6.85. The lowest BCUT2D eigenvalue weighted by molar-refractivity contribution is -0.389. The highest BCUT2D eigenvalue weighted by atomic mass is 79.9. The van der Waals surface area contributed by atoms with E-state index in [4.69, 9.17) is 5.11 Å². The van der Waals surface area contributed by atoms with Gasteiger partial charge in [-0.3, -0.25) is 0 Å². The van der Waals surface area contributed by atoms with Crippen LogP contribution in [-0.2, 0) is 6.73 Å². The summed E-state index contributed by atoms with van der Waals surface area (Å²) in [7, 11) is 0. The molecule has 1 N–H and O–H groups in total. The molecule has 0 amide bonds. The van der Waals surface area contributed by atoms with Gasteiger partial charge in [0.05, 0.1) is 11.2 Å². The molecular formula is C4H4BrN3O3. The van der Waals surface area contributed by atoms with Crippen molar-refractivity contribution in [3.05, 3.63) is 20.8 Å². The summed E-state index contributed by atoms with van der Waals surface area (Å²) in [6, 6.07) is 1.22. The Morgan fingerprint density at radius 2 is 2.55 bits per heavy atom. The topological polar surface area (TPSA) is 81.2 Å². The van der Waals surface area contributed by atoms with Crippen LogP contribution >= 0.6 is 15.9 Å². The molecule has 0 atom stereocenters. The van der Waals surface area contributed by atoms with E-state index in [1.807, 2.05) is 0 Å². The van der Waals surface area contributed by atoms with E-state index >= 15 is 0 Å². The van der Waals surface area contributed by atoms with Crippen LogP contribution in [0.3, 0.4) is 0 Å². The third kappa shape index (κ3) is 1.55. The fourth-order valence-electron chi connectivity index (χ4n) is 0.570. The molecule has 0 unspecified atom stereocenters. The molecule has 0 aromatic carbocycles. The van der Waals surface area contributed by atoms with Crippen molar-refractivity contribution >= 4 is 21.7 Å². The molecule has 1 heterocycles. The largest absolute Gasteiger partial charge is 0.391 e. The monoisotopic (exact) mass is 221 g/mol. The summed E-state index contributed by atoms with van der Waals surface area (Å²) in [5.41, 5.74) is 0. The lowest BCUT2D eigenvalue weighted by Crippen LogP contribution is -1.99. The second-order valence-corrected chi connectivity index (χ2v) is 2.54. The first kappa shape index (κ1) is 8.15. The van der Waals surface area contributed by atoms with Crippen molar-refractivity contribution in [1.29, 1.82) is 0 Å². The highest BCUT2D eigenvalue weighted by Gasteiger charge is 2.14. The predicted molar refractivity (Wildman–Crippen MR) is 38.8 cm³/mol. The van der Waals surface area contributed by atoms with E-state index in [0.717, 1.165) is 4.68 Å². The molecule has 0 aliphatic carbocycles. The van der Waals surface area contributed by atoms with Crippen molar-refractivity contribution in [2.24, 2.45) is 0 Å². The molecule has 11 heavy (non-hydrogen) atoms.